The Morgan fingerprint density at radius 1 is 1.00 bits per heavy atom. The first kappa shape index (κ1) is 18.7. The molecule has 3 rings (SSSR count). The number of urea groups is 1. The third kappa shape index (κ3) is 5.73. The number of carbonyl (C=O) groups excluding carboxylic acids is 2. The lowest BCUT2D eigenvalue weighted by molar-refractivity contribution is -0.116. The Morgan fingerprint density at radius 2 is 1.65 bits per heavy atom. The normalized spacial score (nSPS) is 20.5. The second-order valence-corrected chi connectivity index (χ2v) is 7.35. The van der Waals surface area contributed by atoms with Gasteiger partial charge in [-0.3, -0.25) is 4.79 Å². The van der Waals surface area contributed by atoms with Crippen molar-refractivity contribution in [2.24, 2.45) is 5.92 Å². The van der Waals surface area contributed by atoms with Crippen molar-refractivity contribution in [2.45, 2.75) is 44.9 Å². The number of amides is 3. The highest BCUT2D eigenvalue weighted by atomic mass is 16.2. The highest BCUT2D eigenvalue weighted by Gasteiger charge is 2.16. The van der Waals surface area contributed by atoms with E-state index in [0.29, 0.717) is 12.3 Å². The number of hydrogen-bond donors (Lipinski definition) is 3. The van der Waals surface area contributed by atoms with E-state index in [4.69, 9.17) is 0 Å². The van der Waals surface area contributed by atoms with Gasteiger partial charge in [-0.1, -0.05) is 12.8 Å². The molecular formula is C20H30N4O2. The average Bonchev–Trinajstić information content (AvgIpc) is 3.01. The lowest BCUT2D eigenvalue weighted by Gasteiger charge is -2.20. The smallest absolute Gasteiger partial charge is 0.321 e. The van der Waals surface area contributed by atoms with Crippen molar-refractivity contribution in [2.75, 3.05) is 36.8 Å². The maximum absolute atomic E-state index is 12.3. The first-order valence-electron chi connectivity index (χ1n) is 9.87. The molecule has 26 heavy (non-hydrogen) atoms. The molecular weight excluding hydrogens is 328 g/mol. The van der Waals surface area contributed by atoms with E-state index in [9.17, 15) is 9.59 Å². The molecule has 0 saturated carbocycles. The van der Waals surface area contributed by atoms with E-state index in [1.165, 1.54) is 19.3 Å². The van der Waals surface area contributed by atoms with Crippen LogP contribution in [-0.2, 0) is 4.79 Å². The summed E-state index contributed by atoms with van der Waals surface area (Å²) in [6.07, 6.45) is 7.22. The van der Waals surface area contributed by atoms with Gasteiger partial charge in [0.05, 0.1) is 0 Å². The van der Waals surface area contributed by atoms with Crippen molar-refractivity contribution in [3.05, 3.63) is 24.3 Å². The fraction of sp³-hybridized carbons (Fsp3) is 0.600. The van der Waals surface area contributed by atoms with E-state index in [2.05, 4.69) is 16.0 Å². The van der Waals surface area contributed by atoms with Crippen molar-refractivity contribution >= 4 is 23.3 Å². The van der Waals surface area contributed by atoms with E-state index in [-0.39, 0.29) is 11.9 Å². The van der Waals surface area contributed by atoms with Gasteiger partial charge in [-0.25, -0.2) is 4.79 Å². The Morgan fingerprint density at radius 3 is 2.27 bits per heavy atom. The SMILES string of the molecule is O=C(CCC1CCNC1)Nc1ccc(NC(=O)N2CCCCCC2)cc1. The molecule has 0 aromatic heterocycles. The number of rotatable bonds is 5. The Bertz CT molecular complexity index is 588. The summed E-state index contributed by atoms with van der Waals surface area (Å²) in [5.74, 6) is 0.676. The molecule has 1 unspecified atom stereocenters. The molecule has 0 aliphatic carbocycles. The third-order valence-electron chi connectivity index (χ3n) is 5.26. The number of nitrogens with one attached hydrogen (secondary N) is 3. The first-order chi connectivity index (χ1) is 12.7. The van der Waals surface area contributed by atoms with Gasteiger partial charge in [-0.15, -0.1) is 0 Å². The molecule has 2 aliphatic heterocycles. The van der Waals surface area contributed by atoms with Gasteiger partial charge in [0.15, 0.2) is 0 Å². The van der Waals surface area contributed by atoms with Crippen LogP contribution in [0.5, 0.6) is 0 Å². The predicted octanol–water partition coefficient (Wildman–Crippen LogP) is 3.42. The Balaban J connectivity index is 1.43. The number of likely N-dealkylation sites (tertiary alicyclic amines) is 1. The summed E-state index contributed by atoms with van der Waals surface area (Å²) in [7, 11) is 0. The number of hydrogen-bond acceptors (Lipinski definition) is 3. The number of carbonyl (C=O) groups is 2. The fourth-order valence-electron chi connectivity index (χ4n) is 3.63. The van der Waals surface area contributed by atoms with Crippen molar-refractivity contribution in [3.63, 3.8) is 0 Å². The zero-order valence-corrected chi connectivity index (χ0v) is 15.4. The third-order valence-corrected chi connectivity index (χ3v) is 5.26. The van der Waals surface area contributed by atoms with E-state index in [0.717, 1.165) is 56.8 Å². The Hall–Kier alpha value is -2.08. The monoisotopic (exact) mass is 358 g/mol. The number of anilines is 2. The Kier molecular flexibility index (Phi) is 6.89. The fourth-order valence-corrected chi connectivity index (χ4v) is 3.63. The van der Waals surface area contributed by atoms with Gasteiger partial charge >= 0.3 is 6.03 Å². The van der Waals surface area contributed by atoms with E-state index >= 15 is 0 Å². The quantitative estimate of drug-likeness (QED) is 0.755. The lowest BCUT2D eigenvalue weighted by Crippen LogP contribution is -2.35. The van der Waals surface area contributed by atoms with Crippen LogP contribution in [0.15, 0.2) is 24.3 Å². The highest BCUT2D eigenvalue weighted by molar-refractivity contribution is 5.92. The zero-order chi connectivity index (χ0) is 18.2. The number of benzene rings is 1. The van der Waals surface area contributed by atoms with Crippen LogP contribution in [0.4, 0.5) is 16.2 Å². The van der Waals surface area contributed by atoms with Gasteiger partial charge in [0.2, 0.25) is 5.91 Å². The van der Waals surface area contributed by atoms with Crippen molar-refractivity contribution < 1.29 is 9.59 Å². The highest BCUT2D eigenvalue weighted by Crippen LogP contribution is 2.18. The average molecular weight is 358 g/mol. The van der Waals surface area contributed by atoms with E-state index < -0.39 is 0 Å². The molecule has 1 aromatic rings. The van der Waals surface area contributed by atoms with Crippen LogP contribution in [0.3, 0.4) is 0 Å². The molecule has 3 N–H and O–H groups in total. The van der Waals surface area contributed by atoms with Crippen LogP contribution in [0.2, 0.25) is 0 Å². The van der Waals surface area contributed by atoms with Crippen LogP contribution < -0.4 is 16.0 Å². The van der Waals surface area contributed by atoms with Gasteiger partial charge in [-0.05, 0) is 69.0 Å². The Labute approximate surface area is 155 Å². The van der Waals surface area contributed by atoms with Gasteiger partial charge < -0.3 is 20.9 Å². The van der Waals surface area contributed by atoms with Crippen molar-refractivity contribution in [3.8, 4) is 0 Å². The minimum atomic E-state index is -0.0335. The molecule has 2 fully saturated rings. The summed E-state index contributed by atoms with van der Waals surface area (Å²) in [4.78, 5) is 26.3. The molecule has 0 bridgehead atoms. The summed E-state index contributed by atoms with van der Waals surface area (Å²) in [6, 6.07) is 7.33. The minimum absolute atomic E-state index is 0.0335. The van der Waals surface area contributed by atoms with E-state index in [1.54, 1.807) is 0 Å². The number of nitrogens with zero attached hydrogens (tertiary/aromatic N) is 1. The van der Waals surface area contributed by atoms with Crippen LogP contribution in [0.25, 0.3) is 0 Å². The summed E-state index contributed by atoms with van der Waals surface area (Å²) < 4.78 is 0. The zero-order valence-electron chi connectivity index (χ0n) is 15.4. The first-order valence-corrected chi connectivity index (χ1v) is 9.87. The molecule has 2 heterocycles. The summed E-state index contributed by atoms with van der Waals surface area (Å²) in [5.41, 5.74) is 1.53. The van der Waals surface area contributed by atoms with Crippen LogP contribution in [0.1, 0.15) is 44.9 Å². The minimum Gasteiger partial charge on any atom is -0.326 e. The molecule has 2 saturated heterocycles. The molecule has 1 aromatic carbocycles. The lowest BCUT2D eigenvalue weighted by atomic mass is 10.0. The van der Waals surface area contributed by atoms with Crippen LogP contribution >= 0.6 is 0 Å². The summed E-state index contributed by atoms with van der Waals surface area (Å²) in [5, 5.41) is 9.21. The van der Waals surface area contributed by atoms with Crippen LogP contribution in [-0.4, -0.2) is 43.0 Å². The topological polar surface area (TPSA) is 73.5 Å². The van der Waals surface area contributed by atoms with Gasteiger partial charge in [0.1, 0.15) is 0 Å². The largest absolute Gasteiger partial charge is 0.326 e. The molecule has 142 valence electrons. The van der Waals surface area contributed by atoms with Crippen molar-refractivity contribution in [1.82, 2.24) is 10.2 Å². The molecule has 2 aliphatic rings. The second kappa shape index (κ2) is 9.57. The van der Waals surface area contributed by atoms with Gasteiger partial charge in [0, 0.05) is 30.9 Å². The van der Waals surface area contributed by atoms with Gasteiger partial charge in [-0.2, -0.15) is 0 Å². The molecule has 6 nitrogen and oxygen atoms in total. The maximum atomic E-state index is 12.3. The molecule has 0 spiro atoms. The predicted molar refractivity (Wildman–Crippen MR) is 104 cm³/mol. The molecule has 1 atom stereocenters. The van der Waals surface area contributed by atoms with E-state index in [1.807, 2.05) is 29.2 Å². The molecule has 0 radical (unpaired) electrons. The molecule has 6 heteroatoms. The summed E-state index contributed by atoms with van der Waals surface area (Å²) in [6.45, 7) is 3.75. The van der Waals surface area contributed by atoms with Gasteiger partial charge in [0.25, 0.3) is 0 Å². The standard InChI is InChI=1S/C20H30N4O2/c25-19(10-5-16-11-12-21-15-16)22-17-6-8-18(9-7-17)23-20(26)24-13-3-1-2-4-14-24/h6-9,16,21H,1-5,10-15H2,(H,22,25)(H,23,26). The maximum Gasteiger partial charge on any atom is 0.321 e. The molecule has 3 amide bonds. The second-order valence-electron chi connectivity index (χ2n) is 7.35. The van der Waals surface area contributed by atoms with Crippen LogP contribution in [0, 0.1) is 5.92 Å². The summed E-state index contributed by atoms with van der Waals surface area (Å²) >= 11 is 0. The van der Waals surface area contributed by atoms with Crippen molar-refractivity contribution in [1.29, 1.82) is 0 Å².